The Labute approximate surface area is 126 Å². The van der Waals surface area contributed by atoms with Crippen molar-refractivity contribution in [1.82, 2.24) is 0 Å². The number of rotatable bonds is 6. The zero-order valence-electron chi connectivity index (χ0n) is 11.6. The highest BCUT2D eigenvalue weighted by molar-refractivity contribution is 5.88. The molecule has 1 aromatic rings. The first-order chi connectivity index (χ1) is 10.6. The molecular weight excluding hydrogens is 328 g/mol. The van der Waals surface area contributed by atoms with Crippen LogP contribution in [0.4, 0.5) is 17.6 Å². The van der Waals surface area contributed by atoms with E-state index in [1.807, 2.05) is 0 Å². The van der Waals surface area contributed by atoms with Gasteiger partial charge in [0.2, 0.25) is 0 Å². The standard InChI is InChI=1S/C13H12F4O6/c1-2-23-5(19)3-4(18)12(20)6-8(14)10(16)7(13(21)22)11(17)9(6)15/h4,12,18,20H,2-3H2,1H3,(H,21,22). The predicted octanol–water partition coefficient (Wildman–Crippen LogP) is 1.29. The normalized spacial score (nSPS) is 13.5. The van der Waals surface area contributed by atoms with E-state index in [0.717, 1.165) is 0 Å². The number of hydrogen-bond acceptors (Lipinski definition) is 5. The summed E-state index contributed by atoms with van der Waals surface area (Å²) in [6.45, 7) is 1.37. The van der Waals surface area contributed by atoms with Crippen molar-refractivity contribution in [3.63, 3.8) is 0 Å². The maximum atomic E-state index is 13.7. The lowest BCUT2D eigenvalue weighted by Gasteiger charge is -2.19. The number of hydrogen-bond donors (Lipinski definition) is 3. The predicted molar refractivity (Wildman–Crippen MR) is 65.4 cm³/mol. The van der Waals surface area contributed by atoms with Crippen LogP contribution in [0.5, 0.6) is 0 Å². The number of carbonyl (C=O) groups is 2. The third-order valence-electron chi connectivity index (χ3n) is 2.85. The number of carbonyl (C=O) groups excluding carboxylic acids is 1. The highest BCUT2D eigenvalue weighted by Gasteiger charge is 2.35. The van der Waals surface area contributed by atoms with Crippen LogP contribution in [-0.4, -0.2) is 40.0 Å². The molecule has 0 aliphatic heterocycles. The van der Waals surface area contributed by atoms with Gasteiger partial charge in [-0.2, -0.15) is 0 Å². The minimum absolute atomic E-state index is 0.0685. The summed E-state index contributed by atoms with van der Waals surface area (Å²) in [6, 6.07) is 0. The lowest BCUT2D eigenvalue weighted by atomic mass is 9.98. The Morgan fingerprint density at radius 3 is 1.91 bits per heavy atom. The molecule has 0 bridgehead atoms. The molecule has 0 saturated carbocycles. The number of aliphatic hydroxyl groups excluding tert-OH is 2. The second kappa shape index (κ2) is 7.38. The molecule has 0 radical (unpaired) electrons. The Bertz CT molecular complexity index is 604. The van der Waals surface area contributed by atoms with Gasteiger partial charge >= 0.3 is 11.9 Å². The largest absolute Gasteiger partial charge is 0.477 e. The number of halogens is 4. The number of carboxylic acid groups (broad SMARTS) is 1. The average molecular weight is 340 g/mol. The van der Waals surface area contributed by atoms with Gasteiger partial charge in [0.05, 0.1) is 24.7 Å². The molecule has 128 valence electrons. The first-order valence-electron chi connectivity index (χ1n) is 6.24. The highest BCUT2D eigenvalue weighted by atomic mass is 19.2. The topological polar surface area (TPSA) is 104 Å². The van der Waals surface area contributed by atoms with Crippen LogP contribution in [0.2, 0.25) is 0 Å². The molecule has 0 amide bonds. The van der Waals surface area contributed by atoms with Gasteiger partial charge in [-0.05, 0) is 6.92 Å². The summed E-state index contributed by atoms with van der Waals surface area (Å²) in [5.74, 6) is -12.1. The maximum absolute atomic E-state index is 13.7. The lowest BCUT2D eigenvalue weighted by molar-refractivity contribution is -0.147. The first-order valence-corrected chi connectivity index (χ1v) is 6.24. The van der Waals surface area contributed by atoms with Crippen LogP contribution in [0.25, 0.3) is 0 Å². The van der Waals surface area contributed by atoms with Crippen molar-refractivity contribution < 1.29 is 47.2 Å². The number of carboxylic acids is 1. The van der Waals surface area contributed by atoms with Gasteiger partial charge in [-0.25, -0.2) is 22.4 Å². The van der Waals surface area contributed by atoms with Crippen LogP contribution < -0.4 is 0 Å². The Morgan fingerprint density at radius 2 is 1.52 bits per heavy atom. The van der Waals surface area contributed by atoms with E-state index in [9.17, 15) is 37.4 Å². The Hall–Kier alpha value is -2.20. The molecule has 10 heteroatoms. The zero-order valence-corrected chi connectivity index (χ0v) is 11.6. The van der Waals surface area contributed by atoms with E-state index in [4.69, 9.17) is 5.11 Å². The monoisotopic (exact) mass is 340 g/mol. The third-order valence-corrected chi connectivity index (χ3v) is 2.85. The van der Waals surface area contributed by atoms with Crippen LogP contribution in [0.15, 0.2) is 0 Å². The Morgan fingerprint density at radius 1 is 1.04 bits per heavy atom. The van der Waals surface area contributed by atoms with Crippen LogP contribution in [0.3, 0.4) is 0 Å². The minimum atomic E-state index is -2.52. The highest BCUT2D eigenvalue weighted by Crippen LogP contribution is 2.31. The maximum Gasteiger partial charge on any atom is 0.341 e. The molecule has 0 heterocycles. The fourth-order valence-corrected chi connectivity index (χ4v) is 1.79. The molecular formula is C13H12F4O6. The second-order valence-electron chi connectivity index (χ2n) is 4.37. The van der Waals surface area contributed by atoms with Crippen molar-refractivity contribution >= 4 is 11.9 Å². The van der Waals surface area contributed by atoms with Crippen LogP contribution in [0.1, 0.15) is 35.4 Å². The molecule has 3 N–H and O–H groups in total. The van der Waals surface area contributed by atoms with Crippen molar-refractivity contribution in [3.8, 4) is 0 Å². The molecule has 2 atom stereocenters. The van der Waals surface area contributed by atoms with Crippen molar-refractivity contribution in [2.24, 2.45) is 0 Å². The molecule has 6 nitrogen and oxygen atoms in total. The first kappa shape index (κ1) is 18.8. The van der Waals surface area contributed by atoms with E-state index in [2.05, 4.69) is 4.74 Å². The van der Waals surface area contributed by atoms with Gasteiger partial charge < -0.3 is 20.1 Å². The molecule has 0 fully saturated rings. The van der Waals surface area contributed by atoms with Gasteiger partial charge in [0.25, 0.3) is 0 Å². The van der Waals surface area contributed by atoms with Gasteiger partial charge in [0.15, 0.2) is 23.3 Å². The zero-order chi connectivity index (χ0) is 17.9. The van der Waals surface area contributed by atoms with Gasteiger partial charge in [0, 0.05) is 0 Å². The number of benzene rings is 1. The number of ether oxygens (including phenoxy) is 1. The average Bonchev–Trinajstić information content (AvgIpc) is 2.45. The van der Waals surface area contributed by atoms with Gasteiger partial charge in [-0.15, -0.1) is 0 Å². The van der Waals surface area contributed by atoms with Gasteiger partial charge in [0.1, 0.15) is 11.7 Å². The van der Waals surface area contributed by atoms with Gasteiger partial charge in [-0.1, -0.05) is 0 Å². The molecule has 0 aliphatic carbocycles. The van der Waals surface area contributed by atoms with E-state index in [0.29, 0.717) is 0 Å². The fraction of sp³-hybridized carbons (Fsp3) is 0.385. The van der Waals surface area contributed by atoms with Gasteiger partial charge in [-0.3, -0.25) is 4.79 Å². The van der Waals surface area contributed by atoms with Crippen LogP contribution >= 0.6 is 0 Å². The number of aromatic carboxylic acids is 1. The van der Waals surface area contributed by atoms with E-state index in [-0.39, 0.29) is 6.61 Å². The molecule has 2 unspecified atom stereocenters. The summed E-state index contributed by atoms with van der Waals surface area (Å²) >= 11 is 0. The number of aliphatic hydroxyl groups is 2. The third kappa shape index (κ3) is 3.77. The summed E-state index contributed by atoms with van der Waals surface area (Å²) in [7, 11) is 0. The summed E-state index contributed by atoms with van der Waals surface area (Å²) < 4.78 is 58.9. The van der Waals surface area contributed by atoms with E-state index in [1.54, 1.807) is 0 Å². The lowest BCUT2D eigenvalue weighted by Crippen LogP contribution is -2.26. The molecule has 23 heavy (non-hydrogen) atoms. The minimum Gasteiger partial charge on any atom is -0.477 e. The van der Waals surface area contributed by atoms with Crippen LogP contribution in [-0.2, 0) is 9.53 Å². The summed E-state index contributed by atoms with van der Waals surface area (Å²) in [5.41, 5.74) is -3.50. The Balaban J connectivity index is 3.27. The Kier molecular flexibility index (Phi) is 6.05. The SMILES string of the molecule is CCOC(=O)CC(O)C(O)c1c(F)c(F)c(C(=O)O)c(F)c1F. The summed E-state index contributed by atoms with van der Waals surface area (Å²) in [4.78, 5) is 21.7. The van der Waals surface area contributed by atoms with E-state index >= 15 is 0 Å². The van der Waals surface area contributed by atoms with Crippen molar-refractivity contribution in [2.75, 3.05) is 6.61 Å². The van der Waals surface area contributed by atoms with Crippen LogP contribution in [0, 0.1) is 23.3 Å². The molecule has 0 aliphatic rings. The molecule has 1 rings (SSSR count). The molecule has 0 spiro atoms. The summed E-state index contributed by atoms with van der Waals surface area (Å²) in [5, 5.41) is 27.7. The molecule has 0 saturated heterocycles. The molecule has 1 aromatic carbocycles. The van der Waals surface area contributed by atoms with Crippen molar-refractivity contribution in [3.05, 3.63) is 34.4 Å². The number of esters is 1. The summed E-state index contributed by atoms with van der Waals surface area (Å²) in [6.07, 6.45) is -5.56. The molecule has 0 aromatic heterocycles. The van der Waals surface area contributed by atoms with E-state index < -0.39 is 65.0 Å². The quantitative estimate of drug-likeness (QED) is 0.410. The van der Waals surface area contributed by atoms with Crippen molar-refractivity contribution in [1.29, 1.82) is 0 Å². The van der Waals surface area contributed by atoms with Crippen molar-refractivity contribution in [2.45, 2.75) is 25.6 Å². The van der Waals surface area contributed by atoms with E-state index in [1.165, 1.54) is 6.92 Å². The smallest absolute Gasteiger partial charge is 0.341 e. The second-order valence-corrected chi connectivity index (χ2v) is 4.37. The fourth-order valence-electron chi connectivity index (χ4n) is 1.79.